The van der Waals surface area contributed by atoms with Crippen molar-refractivity contribution in [2.45, 2.75) is 72.6 Å². The molecule has 2 amide bonds. The van der Waals surface area contributed by atoms with Crippen LogP contribution in [-0.2, 0) is 28.9 Å². The van der Waals surface area contributed by atoms with Gasteiger partial charge in [0.2, 0.25) is 17.8 Å². The van der Waals surface area contributed by atoms with Gasteiger partial charge in [0, 0.05) is 70.2 Å². The molecular formula is C53H67Cl2N13O3. The lowest BCUT2D eigenvalue weighted by Crippen LogP contribution is -2.31. The number of aromatic nitrogens is 4. The maximum Gasteiger partial charge on any atom is 0.229 e. The van der Waals surface area contributed by atoms with Gasteiger partial charge in [-0.1, -0.05) is 30.6 Å². The van der Waals surface area contributed by atoms with Gasteiger partial charge in [-0.15, -0.1) is 0 Å². The second kappa shape index (κ2) is 24.6. The zero-order valence-electron chi connectivity index (χ0n) is 40.8. The minimum Gasteiger partial charge on any atom is -0.383 e. The lowest BCUT2D eigenvalue weighted by molar-refractivity contribution is -0.116. The SMILES string of the molecule is C.CN(C)/C=C1\CC(=O)Nc2cc(Cl)ccc2C1=O.Cc1nc(CC2CCN(C)CC2)ccc1N=C(N)N.Cc1nc(CC2CCN(C)CC2)ccc1Nc1ncc2c(n1)-c1ccc(Cl)cc1NC(=O)C2. The highest BCUT2D eigenvalue weighted by Gasteiger charge is 2.25. The van der Waals surface area contributed by atoms with Crippen LogP contribution in [0.1, 0.15) is 78.2 Å². The lowest BCUT2D eigenvalue weighted by atomic mass is 9.92. The van der Waals surface area contributed by atoms with Crippen LogP contribution in [0, 0.1) is 25.7 Å². The summed E-state index contributed by atoms with van der Waals surface area (Å²) in [6, 6.07) is 18.4. The fourth-order valence-corrected chi connectivity index (χ4v) is 9.30. The van der Waals surface area contributed by atoms with Gasteiger partial charge >= 0.3 is 0 Å². The molecular weight excluding hydrogens is 938 g/mol. The van der Waals surface area contributed by atoms with Crippen molar-refractivity contribution in [3.05, 3.63) is 123 Å². The minimum atomic E-state index is -0.211. The molecule has 376 valence electrons. The standard InChI is InChI=1S/C25H27ClN6O.C14H23N5.C13H13ClN2O2.CH4/c1-15-21(6-4-19(28-15)11-16-7-9-32(2)10-8-16)30-25-27-14-17-12-23(33)29-22-13-18(26)3-5-20(22)24(17)31-25;1-10-13(18-14(15)16)4-3-12(17-10)9-11-5-7-19(2)8-6-11;1-16(2)7-8-5-12(17)15-11-6-9(14)3-4-10(11)13(8)18;/h3-6,13-14,16H,7-12H2,1-2H3,(H,29,33)(H,27,30,31);3-4,11H,5-9H2,1-2H3,(H4,15,16,18);3-4,6-7H,5H2,1-2H3,(H,15,17);1H4/b;;8-7+;. The van der Waals surface area contributed by atoms with Crippen LogP contribution in [0.3, 0.4) is 0 Å². The van der Waals surface area contributed by atoms with Gasteiger partial charge in [0.25, 0.3) is 0 Å². The fraction of sp³-hybridized carbons (Fsp3) is 0.396. The smallest absolute Gasteiger partial charge is 0.229 e. The summed E-state index contributed by atoms with van der Waals surface area (Å²) in [7, 11) is 7.99. The van der Waals surface area contributed by atoms with E-state index in [1.54, 1.807) is 47.6 Å². The number of fused-ring (bicyclic) bond motifs is 4. The molecule has 5 aromatic rings. The van der Waals surface area contributed by atoms with Gasteiger partial charge < -0.3 is 42.1 Å². The Morgan fingerprint density at radius 3 is 1.85 bits per heavy atom. The first-order valence-electron chi connectivity index (χ1n) is 23.6. The largest absolute Gasteiger partial charge is 0.383 e. The van der Waals surface area contributed by atoms with Crippen LogP contribution in [0.2, 0.25) is 10.0 Å². The molecule has 2 aromatic carbocycles. The molecule has 0 spiro atoms. The van der Waals surface area contributed by atoms with Gasteiger partial charge in [0.05, 0.1) is 52.7 Å². The summed E-state index contributed by atoms with van der Waals surface area (Å²) in [5.41, 5.74) is 20.9. The third kappa shape index (κ3) is 15.0. The highest BCUT2D eigenvalue weighted by atomic mass is 35.5. The molecule has 4 aliphatic rings. The van der Waals surface area contributed by atoms with E-state index in [0.717, 1.165) is 82.8 Å². The van der Waals surface area contributed by atoms with Crippen molar-refractivity contribution >= 4 is 75.5 Å². The number of piperidine rings is 2. The number of nitrogens with two attached hydrogens (primary N) is 2. The number of pyridine rings is 2. The number of aliphatic imine (C=N–C) groups is 1. The fourth-order valence-electron chi connectivity index (χ4n) is 8.96. The Bertz CT molecular complexity index is 2780. The van der Waals surface area contributed by atoms with Crippen LogP contribution in [0.15, 0.2) is 83.6 Å². The zero-order valence-corrected chi connectivity index (χ0v) is 42.3. The monoisotopic (exact) mass is 1000 g/mol. The average Bonchev–Trinajstić information content (AvgIpc) is 3.51. The van der Waals surface area contributed by atoms with Crippen LogP contribution in [-0.4, -0.2) is 113 Å². The van der Waals surface area contributed by atoms with Crippen molar-refractivity contribution in [3.63, 3.8) is 0 Å². The third-order valence-electron chi connectivity index (χ3n) is 12.7. The molecule has 0 aliphatic carbocycles. The van der Waals surface area contributed by atoms with Crippen molar-refractivity contribution in [2.75, 3.05) is 70.3 Å². The highest BCUT2D eigenvalue weighted by Crippen LogP contribution is 2.35. The Hall–Kier alpha value is -6.46. The number of aryl methyl sites for hydroxylation is 2. The molecule has 16 nitrogen and oxygen atoms in total. The third-order valence-corrected chi connectivity index (χ3v) is 13.2. The van der Waals surface area contributed by atoms with E-state index >= 15 is 0 Å². The summed E-state index contributed by atoms with van der Waals surface area (Å²) in [6.07, 6.45) is 10.7. The van der Waals surface area contributed by atoms with Crippen molar-refractivity contribution in [1.29, 1.82) is 0 Å². The zero-order chi connectivity index (χ0) is 50.1. The number of carbonyl (C=O) groups excluding carboxylic acids is 3. The molecule has 9 rings (SSSR count). The van der Waals surface area contributed by atoms with Crippen LogP contribution in [0.4, 0.5) is 28.7 Å². The number of likely N-dealkylation sites (tertiary alicyclic amines) is 2. The number of nitrogens with one attached hydrogen (secondary N) is 3. The number of guanidine groups is 1. The molecule has 0 saturated carbocycles. The summed E-state index contributed by atoms with van der Waals surface area (Å²) in [5.74, 6) is 1.53. The van der Waals surface area contributed by atoms with Crippen molar-refractivity contribution < 1.29 is 14.4 Å². The summed E-state index contributed by atoms with van der Waals surface area (Å²) in [5, 5.41) is 9.96. The molecule has 4 aliphatic heterocycles. The molecule has 18 heteroatoms. The lowest BCUT2D eigenvalue weighted by Gasteiger charge is -2.28. The number of nitrogens with zero attached hydrogens (tertiary/aromatic N) is 8. The predicted molar refractivity (Wildman–Crippen MR) is 287 cm³/mol. The Kier molecular flexibility index (Phi) is 18.7. The van der Waals surface area contributed by atoms with Crippen molar-refractivity contribution in [2.24, 2.45) is 28.3 Å². The summed E-state index contributed by atoms with van der Waals surface area (Å²) >= 11 is 12.0. The normalized spacial score (nSPS) is 16.7. The quantitative estimate of drug-likeness (QED) is 0.0560. The number of carbonyl (C=O) groups is 3. The number of ketones is 1. The Labute approximate surface area is 427 Å². The van der Waals surface area contributed by atoms with E-state index < -0.39 is 0 Å². The average molecular weight is 1010 g/mol. The van der Waals surface area contributed by atoms with Crippen molar-refractivity contribution in [1.82, 2.24) is 34.6 Å². The topological polar surface area (TPSA) is 213 Å². The number of amides is 2. The van der Waals surface area contributed by atoms with E-state index in [4.69, 9.17) is 44.6 Å². The predicted octanol–water partition coefficient (Wildman–Crippen LogP) is 8.75. The number of benzene rings is 2. The number of hydrogen-bond acceptors (Lipinski definition) is 12. The highest BCUT2D eigenvalue weighted by molar-refractivity contribution is 6.32. The molecule has 2 saturated heterocycles. The molecule has 0 atom stereocenters. The van der Waals surface area contributed by atoms with Gasteiger partial charge in [-0.3, -0.25) is 24.4 Å². The van der Waals surface area contributed by atoms with Crippen LogP contribution >= 0.6 is 23.2 Å². The van der Waals surface area contributed by atoms with Crippen molar-refractivity contribution in [3.8, 4) is 11.3 Å². The second-order valence-electron chi connectivity index (χ2n) is 18.8. The number of halogens is 2. The van der Waals surface area contributed by atoms with Crippen LogP contribution in [0.5, 0.6) is 0 Å². The molecule has 7 heterocycles. The first-order valence-corrected chi connectivity index (χ1v) is 24.4. The first-order chi connectivity index (χ1) is 33.5. The summed E-state index contributed by atoms with van der Waals surface area (Å²) in [6.45, 7) is 8.65. The Morgan fingerprint density at radius 2 is 1.30 bits per heavy atom. The van der Waals surface area contributed by atoms with Gasteiger partial charge in [0.1, 0.15) is 0 Å². The van der Waals surface area contributed by atoms with E-state index in [0.29, 0.717) is 44.4 Å². The van der Waals surface area contributed by atoms with Gasteiger partial charge in [-0.2, -0.15) is 0 Å². The number of rotatable bonds is 8. The maximum absolute atomic E-state index is 12.3. The second-order valence-corrected chi connectivity index (χ2v) is 19.6. The first kappa shape index (κ1) is 53.9. The van der Waals surface area contributed by atoms with Crippen LogP contribution in [0.25, 0.3) is 11.3 Å². The maximum atomic E-state index is 12.3. The van der Waals surface area contributed by atoms with E-state index in [1.165, 1.54) is 38.8 Å². The molecule has 71 heavy (non-hydrogen) atoms. The van der Waals surface area contributed by atoms with E-state index in [1.807, 2.05) is 46.1 Å². The van der Waals surface area contributed by atoms with E-state index in [2.05, 4.69) is 66.9 Å². The van der Waals surface area contributed by atoms with Gasteiger partial charge in [-0.05, 0) is 165 Å². The molecule has 0 unspecified atom stereocenters. The summed E-state index contributed by atoms with van der Waals surface area (Å²) in [4.78, 5) is 65.6. The number of hydrogen-bond donors (Lipinski definition) is 5. The van der Waals surface area contributed by atoms with Crippen LogP contribution < -0.4 is 27.4 Å². The molecule has 0 radical (unpaired) electrons. The molecule has 7 N–H and O–H groups in total. The Morgan fingerprint density at radius 1 is 0.761 bits per heavy atom. The molecule has 3 aromatic heterocycles. The van der Waals surface area contributed by atoms with Gasteiger partial charge in [-0.25, -0.2) is 15.0 Å². The molecule has 0 bridgehead atoms. The van der Waals surface area contributed by atoms with E-state index in [-0.39, 0.29) is 43.8 Å². The summed E-state index contributed by atoms with van der Waals surface area (Å²) < 4.78 is 0. The Balaban J connectivity index is 0.000000186. The number of Topliss-reactive ketones (excluding diaryl/α,β-unsaturated/α-hetero) is 1. The molecule has 2 fully saturated rings. The van der Waals surface area contributed by atoms with E-state index in [9.17, 15) is 14.4 Å². The number of anilines is 4. The minimum absolute atomic E-state index is 0. The van der Waals surface area contributed by atoms with Gasteiger partial charge in [0.15, 0.2) is 11.7 Å².